The largest absolute Gasteiger partial charge is 0.466 e. The summed E-state index contributed by atoms with van der Waals surface area (Å²) >= 11 is 0. The van der Waals surface area contributed by atoms with E-state index in [1.54, 1.807) is 6.08 Å². The Labute approximate surface area is 407 Å². The van der Waals surface area contributed by atoms with Crippen molar-refractivity contribution in [1.29, 1.82) is 0 Å². The lowest BCUT2D eigenvalue weighted by Gasteiger charge is -2.40. The zero-order chi connectivity index (χ0) is 48.8. The van der Waals surface area contributed by atoms with Crippen molar-refractivity contribution >= 4 is 11.9 Å². The molecule has 11 nitrogen and oxygen atoms in total. The van der Waals surface area contributed by atoms with Crippen LogP contribution in [0.1, 0.15) is 206 Å². The van der Waals surface area contributed by atoms with Gasteiger partial charge in [0.1, 0.15) is 24.4 Å². The molecule has 1 fully saturated rings. The molecule has 0 spiro atoms. The second kappa shape index (κ2) is 45.5. The van der Waals surface area contributed by atoms with Crippen LogP contribution in [0.4, 0.5) is 0 Å². The van der Waals surface area contributed by atoms with E-state index in [4.69, 9.17) is 14.2 Å². The van der Waals surface area contributed by atoms with E-state index in [0.29, 0.717) is 25.9 Å². The summed E-state index contributed by atoms with van der Waals surface area (Å²) in [6.07, 6.45) is 48.7. The number of aliphatic hydroxyl groups excluding tert-OH is 5. The Hall–Kier alpha value is -2.90. The van der Waals surface area contributed by atoms with Crippen molar-refractivity contribution in [2.24, 2.45) is 0 Å². The Morgan fingerprint density at radius 3 is 1.66 bits per heavy atom. The molecule has 11 heteroatoms. The molecule has 67 heavy (non-hydrogen) atoms. The fourth-order valence-corrected chi connectivity index (χ4v) is 7.79. The number of ether oxygens (including phenoxy) is 3. The Bertz CT molecular complexity index is 1340. The van der Waals surface area contributed by atoms with Gasteiger partial charge in [-0.25, -0.2) is 0 Å². The van der Waals surface area contributed by atoms with Crippen LogP contribution in [0.2, 0.25) is 0 Å². The maximum atomic E-state index is 12.9. The monoisotopic (exact) mass is 944 g/mol. The molecule has 1 aliphatic rings. The molecule has 1 amide bonds. The maximum Gasteiger partial charge on any atom is 0.305 e. The summed E-state index contributed by atoms with van der Waals surface area (Å²) in [5.41, 5.74) is 0. The van der Waals surface area contributed by atoms with E-state index in [2.05, 4.69) is 66.9 Å². The molecule has 1 aliphatic heterocycles. The van der Waals surface area contributed by atoms with Crippen LogP contribution >= 0.6 is 0 Å². The highest BCUT2D eigenvalue weighted by molar-refractivity contribution is 5.76. The normalized spacial score (nSPS) is 20.1. The van der Waals surface area contributed by atoms with Gasteiger partial charge in [0.05, 0.1) is 32.0 Å². The number of nitrogens with one attached hydrogen (secondary N) is 1. The lowest BCUT2D eigenvalue weighted by molar-refractivity contribution is -0.302. The van der Waals surface area contributed by atoms with Gasteiger partial charge in [-0.15, -0.1) is 0 Å². The average Bonchev–Trinajstić information content (AvgIpc) is 3.32. The van der Waals surface area contributed by atoms with Crippen LogP contribution in [0.3, 0.4) is 0 Å². The van der Waals surface area contributed by atoms with E-state index < -0.39 is 49.5 Å². The summed E-state index contributed by atoms with van der Waals surface area (Å²) in [7, 11) is 0. The zero-order valence-electron chi connectivity index (χ0n) is 42.1. The second-order valence-electron chi connectivity index (χ2n) is 18.2. The van der Waals surface area contributed by atoms with E-state index in [9.17, 15) is 35.1 Å². The van der Waals surface area contributed by atoms with Crippen LogP contribution < -0.4 is 5.32 Å². The predicted octanol–water partition coefficient (Wildman–Crippen LogP) is 11.3. The van der Waals surface area contributed by atoms with E-state index >= 15 is 0 Å². The lowest BCUT2D eigenvalue weighted by atomic mass is 9.99. The third kappa shape index (κ3) is 35.8. The van der Waals surface area contributed by atoms with Crippen LogP contribution in [-0.2, 0) is 23.8 Å². The van der Waals surface area contributed by atoms with Crippen molar-refractivity contribution in [1.82, 2.24) is 5.32 Å². The first kappa shape index (κ1) is 62.1. The third-order valence-electron chi connectivity index (χ3n) is 12.1. The lowest BCUT2D eigenvalue weighted by Crippen LogP contribution is -2.60. The molecule has 0 aromatic heterocycles. The molecule has 0 aromatic rings. The Kier molecular flexibility index (Phi) is 42.2. The molecule has 7 unspecified atom stereocenters. The van der Waals surface area contributed by atoms with Gasteiger partial charge in [-0.1, -0.05) is 150 Å². The molecule has 1 heterocycles. The first-order valence-corrected chi connectivity index (χ1v) is 26.7. The van der Waals surface area contributed by atoms with Gasteiger partial charge in [0.25, 0.3) is 0 Å². The molecule has 1 saturated heterocycles. The predicted molar refractivity (Wildman–Crippen MR) is 273 cm³/mol. The van der Waals surface area contributed by atoms with E-state index in [0.717, 1.165) is 96.3 Å². The van der Waals surface area contributed by atoms with E-state index in [-0.39, 0.29) is 18.5 Å². The summed E-state index contributed by atoms with van der Waals surface area (Å²) in [5.74, 6) is -0.263. The van der Waals surface area contributed by atoms with Crippen molar-refractivity contribution in [3.05, 3.63) is 72.9 Å². The SMILES string of the molecule is C/C=C/CC/C=C/CC/C=C/C(O)C(COC1OC(CO)C(O)C(O)C1O)NC(=O)CCCCCCCCC/C=C\C/C=C\CCCCCOC(=O)CCCCCCC/C=C\CCCCCC. The van der Waals surface area contributed by atoms with Gasteiger partial charge in [0, 0.05) is 12.8 Å². The smallest absolute Gasteiger partial charge is 0.305 e. The summed E-state index contributed by atoms with van der Waals surface area (Å²) in [6, 6.07) is -0.847. The number of unbranched alkanes of at least 4 members (excludes halogenated alkanes) is 21. The second-order valence-corrected chi connectivity index (χ2v) is 18.2. The number of hydrogen-bond acceptors (Lipinski definition) is 10. The minimum absolute atomic E-state index is 0.0445. The Morgan fingerprint density at radius 1 is 0.582 bits per heavy atom. The topological polar surface area (TPSA) is 175 Å². The molecule has 0 bridgehead atoms. The molecule has 7 atom stereocenters. The molecule has 0 saturated carbocycles. The number of aliphatic hydroxyl groups is 5. The average molecular weight is 944 g/mol. The first-order valence-electron chi connectivity index (χ1n) is 26.7. The highest BCUT2D eigenvalue weighted by Crippen LogP contribution is 2.22. The van der Waals surface area contributed by atoms with Gasteiger partial charge >= 0.3 is 5.97 Å². The van der Waals surface area contributed by atoms with Crippen LogP contribution in [-0.4, -0.2) is 100 Å². The molecular formula is C56H97NO10. The van der Waals surface area contributed by atoms with Crippen LogP contribution in [0.15, 0.2) is 72.9 Å². The van der Waals surface area contributed by atoms with E-state index in [1.807, 2.05) is 19.1 Å². The highest BCUT2D eigenvalue weighted by Gasteiger charge is 2.44. The van der Waals surface area contributed by atoms with Crippen LogP contribution in [0, 0.1) is 0 Å². The molecule has 0 radical (unpaired) electrons. The third-order valence-corrected chi connectivity index (χ3v) is 12.1. The van der Waals surface area contributed by atoms with Crippen molar-refractivity contribution < 1.29 is 49.3 Å². The summed E-state index contributed by atoms with van der Waals surface area (Å²) < 4.78 is 16.6. The van der Waals surface area contributed by atoms with Gasteiger partial charge < -0.3 is 45.1 Å². The fraction of sp³-hybridized carbons (Fsp3) is 0.750. The molecular weight excluding hydrogens is 847 g/mol. The van der Waals surface area contributed by atoms with Gasteiger partial charge in [0.2, 0.25) is 5.91 Å². The van der Waals surface area contributed by atoms with Crippen molar-refractivity contribution in [2.75, 3.05) is 19.8 Å². The van der Waals surface area contributed by atoms with Crippen molar-refractivity contribution in [3.8, 4) is 0 Å². The minimum Gasteiger partial charge on any atom is -0.466 e. The molecule has 0 aliphatic carbocycles. The standard InChI is InChI=1S/C56H97NO10/c1-3-5-7-9-11-13-14-20-24-28-32-36-40-44-52(61)65-45-41-37-33-29-25-22-19-17-15-16-18-21-23-27-31-35-39-43-51(60)57-48(49(59)42-38-34-30-26-12-10-8-6-4-2)47-66-56-55(64)54(63)53(62)50(46-58)67-56/h4,6,12-15,17,22,25-26,38,42,48-50,53-56,58-59,62-64H,3,5,7-11,16,18-21,23-24,27-37,39-41,43-47H2,1-2H3,(H,57,60)/b6-4+,14-13-,17-15-,25-22-,26-12+,42-38+. The maximum absolute atomic E-state index is 12.9. The van der Waals surface area contributed by atoms with Gasteiger partial charge in [-0.3, -0.25) is 9.59 Å². The van der Waals surface area contributed by atoms with Gasteiger partial charge in [0.15, 0.2) is 6.29 Å². The van der Waals surface area contributed by atoms with Gasteiger partial charge in [-0.2, -0.15) is 0 Å². The Balaban J connectivity index is 2.13. The number of carbonyl (C=O) groups is 2. The molecule has 6 N–H and O–H groups in total. The number of hydrogen-bond donors (Lipinski definition) is 6. The Morgan fingerprint density at radius 2 is 1.07 bits per heavy atom. The number of carbonyl (C=O) groups excluding carboxylic acids is 2. The molecule has 0 aromatic carbocycles. The van der Waals surface area contributed by atoms with Crippen molar-refractivity contribution in [2.45, 2.75) is 249 Å². The molecule has 386 valence electrons. The number of esters is 1. The van der Waals surface area contributed by atoms with Crippen LogP contribution in [0.5, 0.6) is 0 Å². The summed E-state index contributed by atoms with van der Waals surface area (Å²) in [6.45, 7) is 3.99. The van der Waals surface area contributed by atoms with E-state index in [1.165, 1.54) is 77.0 Å². The quantitative estimate of drug-likeness (QED) is 0.0196. The fourth-order valence-electron chi connectivity index (χ4n) is 7.79. The molecule has 1 rings (SSSR count). The summed E-state index contributed by atoms with van der Waals surface area (Å²) in [4.78, 5) is 25.0. The van der Waals surface area contributed by atoms with Crippen LogP contribution in [0.25, 0.3) is 0 Å². The highest BCUT2D eigenvalue weighted by atomic mass is 16.7. The van der Waals surface area contributed by atoms with Crippen molar-refractivity contribution in [3.63, 3.8) is 0 Å². The summed E-state index contributed by atoms with van der Waals surface area (Å²) in [5, 5.41) is 54.0. The minimum atomic E-state index is -1.59. The number of rotatable bonds is 44. The number of amides is 1. The van der Waals surface area contributed by atoms with Gasteiger partial charge in [-0.05, 0) is 116 Å². The zero-order valence-corrected chi connectivity index (χ0v) is 42.1. The first-order chi connectivity index (χ1) is 32.7. The number of allylic oxidation sites excluding steroid dienone is 11.